The summed E-state index contributed by atoms with van der Waals surface area (Å²) in [7, 11) is 1.36. The summed E-state index contributed by atoms with van der Waals surface area (Å²) in [5, 5.41) is 7.96. The molecule has 0 fully saturated rings. The lowest BCUT2D eigenvalue weighted by molar-refractivity contribution is -0.137. The number of fused-ring (bicyclic) bond motifs is 1. The van der Waals surface area contributed by atoms with Gasteiger partial charge in [0.2, 0.25) is 0 Å². The van der Waals surface area contributed by atoms with Gasteiger partial charge in [-0.2, -0.15) is 18.3 Å². The molecule has 0 bridgehead atoms. The summed E-state index contributed by atoms with van der Waals surface area (Å²) in [4.78, 5) is 8.42. The maximum Gasteiger partial charge on any atom is 0.417 e. The van der Waals surface area contributed by atoms with Gasteiger partial charge in [0.1, 0.15) is 29.4 Å². The molecule has 8 nitrogen and oxygen atoms in total. The number of hydrogen-bond acceptors (Lipinski definition) is 7. The number of hydrogen-bond donors (Lipinski definition) is 0. The number of halogens is 5. The summed E-state index contributed by atoms with van der Waals surface area (Å²) >= 11 is 0. The van der Waals surface area contributed by atoms with Crippen LogP contribution in [-0.4, -0.2) is 38.8 Å². The van der Waals surface area contributed by atoms with E-state index in [0.29, 0.717) is 11.4 Å². The van der Waals surface area contributed by atoms with E-state index in [9.17, 15) is 22.0 Å². The van der Waals surface area contributed by atoms with Crippen LogP contribution in [0.25, 0.3) is 34.0 Å². The van der Waals surface area contributed by atoms with Crippen LogP contribution in [-0.2, 0) is 17.5 Å². The van der Waals surface area contributed by atoms with E-state index in [-0.39, 0.29) is 47.5 Å². The van der Waals surface area contributed by atoms with E-state index in [1.54, 1.807) is 0 Å². The van der Waals surface area contributed by atoms with Crippen LogP contribution in [0, 0.1) is 11.6 Å². The first-order valence-electron chi connectivity index (χ1n) is 10.7. The van der Waals surface area contributed by atoms with E-state index >= 15 is 0 Å². The van der Waals surface area contributed by atoms with Crippen LogP contribution in [0.1, 0.15) is 11.3 Å². The van der Waals surface area contributed by atoms with Crippen molar-refractivity contribution in [3.05, 3.63) is 77.8 Å². The van der Waals surface area contributed by atoms with Gasteiger partial charge in [0.15, 0.2) is 30.0 Å². The largest absolute Gasteiger partial charge is 0.468 e. The molecule has 0 saturated heterocycles. The lowest BCUT2D eigenvalue weighted by Crippen LogP contribution is -2.08. The van der Waals surface area contributed by atoms with Gasteiger partial charge in [-0.1, -0.05) is 11.2 Å². The van der Waals surface area contributed by atoms with Crippen molar-refractivity contribution in [3.63, 3.8) is 0 Å². The molecular weight excluding hydrogens is 501 g/mol. The highest BCUT2D eigenvalue weighted by atomic mass is 19.4. The van der Waals surface area contributed by atoms with E-state index in [1.807, 2.05) is 0 Å². The molecule has 1 aromatic heterocycles. The van der Waals surface area contributed by atoms with Crippen molar-refractivity contribution in [2.24, 2.45) is 0 Å². The predicted octanol–water partition coefficient (Wildman–Crippen LogP) is 5.43. The molecule has 0 amide bonds. The molecular formula is C24H16F5N5O3. The molecule has 0 saturated carbocycles. The summed E-state index contributed by atoms with van der Waals surface area (Å²) in [6, 6.07) is 8.52. The zero-order valence-electron chi connectivity index (χ0n) is 19.0. The fraction of sp³-hybridized carbons (Fsp3) is 0.167. The third-order valence-electron chi connectivity index (χ3n) is 5.30. The zero-order valence-corrected chi connectivity index (χ0v) is 19.0. The van der Waals surface area contributed by atoms with E-state index < -0.39 is 23.4 Å². The lowest BCUT2D eigenvalue weighted by Gasteiger charge is -2.13. The third kappa shape index (κ3) is 4.98. The van der Waals surface area contributed by atoms with E-state index in [1.165, 1.54) is 54.5 Å². The molecule has 0 radical (unpaired) electrons. The van der Waals surface area contributed by atoms with Crippen LogP contribution in [0.3, 0.4) is 0 Å². The van der Waals surface area contributed by atoms with E-state index in [2.05, 4.69) is 20.2 Å². The Kier molecular flexibility index (Phi) is 6.29. The minimum absolute atomic E-state index is 0.00823. The van der Waals surface area contributed by atoms with Gasteiger partial charge in [-0.05, 0) is 30.3 Å². The Labute approximate surface area is 205 Å². The fourth-order valence-corrected chi connectivity index (χ4v) is 3.62. The number of benzene rings is 2. The quantitative estimate of drug-likeness (QED) is 0.210. The monoisotopic (exact) mass is 517 g/mol. The molecule has 3 heterocycles. The fourth-order valence-electron chi connectivity index (χ4n) is 3.62. The minimum Gasteiger partial charge on any atom is -0.468 e. The van der Waals surface area contributed by atoms with Gasteiger partial charge in [-0.15, -0.1) is 0 Å². The van der Waals surface area contributed by atoms with Crippen molar-refractivity contribution in [2.45, 2.75) is 12.7 Å². The number of ether oxygens (including phenoxy) is 2. The summed E-state index contributed by atoms with van der Waals surface area (Å²) in [6.45, 7) is -0.193. The normalized spacial score (nSPS) is 11.8. The van der Waals surface area contributed by atoms with Crippen molar-refractivity contribution < 1.29 is 35.9 Å². The molecule has 0 aliphatic carbocycles. The Balaban J connectivity index is 1.41. The Morgan fingerprint density at radius 1 is 0.973 bits per heavy atom. The summed E-state index contributed by atoms with van der Waals surface area (Å²) in [5.74, 6) is -1.89. The van der Waals surface area contributed by atoms with E-state index in [4.69, 9.17) is 14.0 Å². The molecule has 2 aliphatic rings. The van der Waals surface area contributed by atoms with Crippen molar-refractivity contribution in [3.8, 4) is 39.8 Å². The van der Waals surface area contributed by atoms with Gasteiger partial charge in [0.25, 0.3) is 0 Å². The second-order valence-corrected chi connectivity index (χ2v) is 7.82. The van der Waals surface area contributed by atoms with Crippen molar-refractivity contribution in [2.75, 3.05) is 13.9 Å². The molecule has 0 spiro atoms. The third-order valence-corrected chi connectivity index (χ3v) is 5.30. The van der Waals surface area contributed by atoms with Crippen molar-refractivity contribution in [1.29, 1.82) is 0 Å². The SMILES string of the molecule is COCOc1ccc(-c2cc(Cn3cc4nc(-c5cccc(F)c5F)nc-4cn3)on2)c(C(F)(F)F)c1. The van der Waals surface area contributed by atoms with Crippen LogP contribution in [0.15, 0.2) is 59.4 Å². The standard InChI is InChI=1S/C24H16F5N5O3/c1-35-12-36-13-5-6-15(17(7-13)24(27,28)29)19-8-14(37-33-19)10-34-11-21-20(9-30-34)31-23(32-21)16-3-2-4-18(25)22(16)26/h2-9,11H,10,12H2,1H3. The molecule has 2 aromatic carbocycles. The second kappa shape index (κ2) is 9.58. The Hall–Kier alpha value is -4.39. The Morgan fingerprint density at radius 2 is 1.78 bits per heavy atom. The highest BCUT2D eigenvalue weighted by molar-refractivity contribution is 5.66. The molecule has 37 heavy (non-hydrogen) atoms. The number of methoxy groups -OCH3 is 1. The van der Waals surface area contributed by atoms with Crippen molar-refractivity contribution >= 4 is 0 Å². The molecule has 5 rings (SSSR count). The molecule has 190 valence electrons. The number of alkyl halides is 3. The predicted molar refractivity (Wildman–Crippen MR) is 118 cm³/mol. The van der Waals surface area contributed by atoms with Crippen LogP contribution in [0.4, 0.5) is 22.0 Å². The van der Waals surface area contributed by atoms with Crippen LogP contribution in [0.2, 0.25) is 0 Å². The molecule has 2 aliphatic heterocycles. The van der Waals surface area contributed by atoms with Crippen molar-refractivity contribution in [1.82, 2.24) is 24.9 Å². The number of nitrogens with zero attached hydrogens (tertiary/aromatic N) is 5. The lowest BCUT2D eigenvalue weighted by atomic mass is 10.0. The van der Waals surface area contributed by atoms with E-state index in [0.717, 1.165) is 12.1 Å². The summed E-state index contributed by atoms with van der Waals surface area (Å²) in [5.41, 5.74) is -0.569. The highest BCUT2D eigenvalue weighted by Crippen LogP contribution is 2.39. The maximum absolute atomic E-state index is 14.1. The number of aromatic nitrogens is 5. The molecule has 3 aromatic rings. The smallest absolute Gasteiger partial charge is 0.417 e. The first-order chi connectivity index (χ1) is 17.7. The second-order valence-electron chi connectivity index (χ2n) is 7.82. The topological polar surface area (TPSA) is 88.1 Å². The minimum atomic E-state index is -4.67. The molecule has 0 atom stereocenters. The van der Waals surface area contributed by atoms with Crippen LogP contribution < -0.4 is 4.74 Å². The first kappa shape index (κ1) is 24.3. The van der Waals surface area contributed by atoms with Gasteiger partial charge in [0.05, 0.1) is 23.5 Å². The Morgan fingerprint density at radius 3 is 2.57 bits per heavy atom. The number of rotatable bonds is 7. The van der Waals surface area contributed by atoms with Gasteiger partial charge < -0.3 is 14.0 Å². The van der Waals surface area contributed by atoms with Gasteiger partial charge >= 0.3 is 6.18 Å². The average Bonchev–Trinajstić information content (AvgIpc) is 3.50. The average molecular weight is 517 g/mol. The highest BCUT2D eigenvalue weighted by Gasteiger charge is 2.35. The van der Waals surface area contributed by atoms with Gasteiger partial charge in [-0.3, -0.25) is 4.68 Å². The molecule has 13 heteroatoms. The zero-order chi connectivity index (χ0) is 26.2. The maximum atomic E-state index is 14.1. The van der Waals surface area contributed by atoms with Gasteiger partial charge in [0, 0.05) is 18.7 Å². The van der Waals surface area contributed by atoms with Gasteiger partial charge in [-0.25, -0.2) is 18.7 Å². The number of imidazole rings is 1. The summed E-state index contributed by atoms with van der Waals surface area (Å²) in [6.07, 6.45) is -1.80. The molecule has 0 unspecified atom stereocenters. The molecule has 0 N–H and O–H groups in total. The summed E-state index contributed by atoms with van der Waals surface area (Å²) < 4.78 is 85.3. The first-order valence-corrected chi connectivity index (χ1v) is 10.7. The van der Waals surface area contributed by atoms with Crippen LogP contribution in [0.5, 0.6) is 5.75 Å². The van der Waals surface area contributed by atoms with Crippen LogP contribution >= 0.6 is 0 Å². The Bertz CT molecular complexity index is 1530.